The summed E-state index contributed by atoms with van der Waals surface area (Å²) < 4.78 is 33.7. The highest BCUT2D eigenvalue weighted by Crippen LogP contribution is 2.37. The molecule has 0 spiro atoms. The summed E-state index contributed by atoms with van der Waals surface area (Å²) in [5.41, 5.74) is 0. The van der Waals surface area contributed by atoms with Crippen LogP contribution in [0.1, 0.15) is 47.0 Å². The normalized spacial score (nSPS) is 43.1. The van der Waals surface area contributed by atoms with Gasteiger partial charge in [-0.25, -0.2) is 4.79 Å². The molecule has 3 rings (SSSR count). The van der Waals surface area contributed by atoms with Gasteiger partial charge in [0.15, 0.2) is 12.6 Å². The summed E-state index contributed by atoms with van der Waals surface area (Å²) in [6.45, 7) is 4.65. The molecule has 0 bridgehead atoms. The third-order valence-electron chi connectivity index (χ3n) is 8.54. The van der Waals surface area contributed by atoms with Gasteiger partial charge in [0.2, 0.25) is 5.91 Å². The molecule has 0 aromatic carbocycles. The van der Waals surface area contributed by atoms with Gasteiger partial charge < -0.3 is 79.7 Å². The molecule has 46 heavy (non-hydrogen) atoms. The number of carbonyl (C=O) groups excluding carboxylic acids is 1. The Balaban J connectivity index is 1.77. The largest absolute Gasteiger partial charge is 0.477 e. The van der Waals surface area contributed by atoms with E-state index in [1.807, 2.05) is 6.92 Å². The zero-order chi connectivity index (χ0) is 34.5. The lowest BCUT2D eigenvalue weighted by Gasteiger charge is -2.48. The molecule has 3 saturated heterocycles. The van der Waals surface area contributed by atoms with Crippen LogP contribution in [0.3, 0.4) is 0 Å². The number of amides is 1. The average Bonchev–Trinajstić information content (AvgIpc) is 3.00. The fourth-order valence-corrected chi connectivity index (χ4v) is 5.70. The van der Waals surface area contributed by atoms with Gasteiger partial charge in [-0.15, -0.1) is 0 Å². The van der Waals surface area contributed by atoms with Crippen molar-refractivity contribution in [2.45, 2.75) is 139 Å². The Labute approximate surface area is 265 Å². The molecule has 10 N–H and O–H groups in total. The Morgan fingerprint density at radius 1 is 0.978 bits per heavy atom. The van der Waals surface area contributed by atoms with Crippen molar-refractivity contribution in [1.29, 1.82) is 0 Å². The summed E-state index contributed by atoms with van der Waals surface area (Å²) in [5, 5.41) is 96.8. The van der Waals surface area contributed by atoms with E-state index >= 15 is 0 Å². The molecule has 0 radical (unpaired) electrons. The van der Waals surface area contributed by atoms with Crippen LogP contribution in [0.4, 0.5) is 0 Å². The first-order valence-corrected chi connectivity index (χ1v) is 15.4. The third kappa shape index (κ3) is 8.69. The van der Waals surface area contributed by atoms with E-state index in [0.717, 1.165) is 6.42 Å². The van der Waals surface area contributed by atoms with Gasteiger partial charge in [0.25, 0.3) is 5.79 Å². The maximum absolute atomic E-state index is 12.5. The second kappa shape index (κ2) is 16.7. The van der Waals surface area contributed by atoms with E-state index in [4.69, 9.17) is 28.4 Å². The van der Waals surface area contributed by atoms with Gasteiger partial charge in [-0.05, 0) is 13.3 Å². The van der Waals surface area contributed by atoms with Crippen LogP contribution in [0.2, 0.25) is 0 Å². The number of rotatable bonds is 14. The highest BCUT2D eigenvalue weighted by molar-refractivity contribution is 5.76. The fraction of sp³-hybridized carbons (Fsp3) is 0.929. The Morgan fingerprint density at radius 3 is 2.17 bits per heavy atom. The van der Waals surface area contributed by atoms with Gasteiger partial charge in [0.05, 0.1) is 37.6 Å². The molecule has 3 aliphatic heterocycles. The number of unbranched alkanes of at least 4 members (excludes halogenated alkanes) is 1. The van der Waals surface area contributed by atoms with Crippen molar-refractivity contribution in [1.82, 2.24) is 5.32 Å². The predicted octanol–water partition coefficient (Wildman–Crippen LogP) is -4.10. The minimum absolute atomic E-state index is 0.204. The second-order valence-corrected chi connectivity index (χ2v) is 12.1. The zero-order valence-corrected chi connectivity index (χ0v) is 26.2. The predicted molar refractivity (Wildman–Crippen MR) is 150 cm³/mol. The van der Waals surface area contributed by atoms with Gasteiger partial charge >= 0.3 is 5.97 Å². The molecule has 3 heterocycles. The number of carboxylic acid groups (broad SMARTS) is 1. The number of carboxylic acids is 1. The van der Waals surface area contributed by atoms with Gasteiger partial charge in [-0.3, -0.25) is 4.79 Å². The van der Waals surface area contributed by atoms with Crippen LogP contribution in [0.5, 0.6) is 0 Å². The number of hydrogen-bond acceptors (Lipinski definition) is 16. The van der Waals surface area contributed by atoms with Crippen molar-refractivity contribution in [3.05, 3.63) is 0 Å². The first-order valence-electron chi connectivity index (χ1n) is 15.4. The van der Waals surface area contributed by atoms with Crippen LogP contribution in [-0.4, -0.2) is 169 Å². The second-order valence-electron chi connectivity index (χ2n) is 12.1. The van der Waals surface area contributed by atoms with Gasteiger partial charge in [0, 0.05) is 25.9 Å². The summed E-state index contributed by atoms with van der Waals surface area (Å²) in [6.07, 6.45) is -19.6. The highest BCUT2D eigenvalue weighted by Gasteiger charge is 2.56. The first-order chi connectivity index (χ1) is 21.6. The summed E-state index contributed by atoms with van der Waals surface area (Å²) in [6, 6.07) is -1.15. The standard InChI is InChI=1S/C28H49NO17/c1-5-6-7-41-25-22(38)20(36)24(15(9-30)43-25)45-26-21(37)19(35)18(34)16(44-26)10-42-28(27(39)40)8-14(33)11(2)23(46-28)17(12(3)31)29-13(4)32/h11-12,14-26,30-31,33-38H,5-10H2,1-4H3,(H,29,32)(H,39,40)/t11-,12-,14-,15?,16?,17-,18+,19+,20-,21?,22?,23?,24-,25-,26+,28-/m1/s1. The van der Waals surface area contributed by atoms with Gasteiger partial charge in [0.1, 0.15) is 48.8 Å². The number of ether oxygens (including phenoxy) is 6. The number of nitrogens with one attached hydrogen (secondary N) is 1. The fourth-order valence-electron chi connectivity index (χ4n) is 5.70. The minimum Gasteiger partial charge on any atom is -0.477 e. The van der Waals surface area contributed by atoms with E-state index in [-0.39, 0.29) is 6.61 Å². The van der Waals surface area contributed by atoms with E-state index < -0.39 is 129 Å². The van der Waals surface area contributed by atoms with E-state index in [0.29, 0.717) is 6.42 Å². The van der Waals surface area contributed by atoms with Crippen LogP contribution in [0.15, 0.2) is 0 Å². The van der Waals surface area contributed by atoms with E-state index in [1.165, 1.54) is 20.8 Å². The highest BCUT2D eigenvalue weighted by atomic mass is 16.8. The maximum atomic E-state index is 12.5. The molecule has 3 fully saturated rings. The van der Waals surface area contributed by atoms with Crippen LogP contribution in [0, 0.1) is 5.92 Å². The minimum atomic E-state index is -2.57. The van der Waals surface area contributed by atoms with E-state index in [2.05, 4.69) is 5.32 Å². The number of aliphatic hydroxyl groups excluding tert-OH is 8. The molecule has 18 heteroatoms. The smallest absolute Gasteiger partial charge is 0.364 e. The van der Waals surface area contributed by atoms with Crippen molar-refractivity contribution in [3.63, 3.8) is 0 Å². The van der Waals surface area contributed by atoms with Crippen LogP contribution < -0.4 is 5.32 Å². The van der Waals surface area contributed by atoms with Crippen molar-refractivity contribution in [2.75, 3.05) is 19.8 Å². The molecule has 0 saturated carbocycles. The third-order valence-corrected chi connectivity index (χ3v) is 8.54. The lowest BCUT2D eigenvalue weighted by molar-refractivity contribution is -0.367. The molecule has 0 aromatic rings. The maximum Gasteiger partial charge on any atom is 0.364 e. The first kappa shape index (κ1) is 38.8. The summed E-state index contributed by atoms with van der Waals surface area (Å²) in [7, 11) is 0. The van der Waals surface area contributed by atoms with Crippen LogP contribution >= 0.6 is 0 Å². The molecule has 0 aromatic heterocycles. The van der Waals surface area contributed by atoms with E-state index in [9.17, 15) is 55.5 Å². The molecule has 18 nitrogen and oxygen atoms in total. The van der Waals surface area contributed by atoms with Gasteiger partial charge in [-0.1, -0.05) is 20.3 Å². The van der Waals surface area contributed by atoms with Gasteiger partial charge in [-0.2, -0.15) is 0 Å². The Hall–Kier alpha value is -1.62. The van der Waals surface area contributed by atoms with E-state index in [1.54, 1.807) is 0 Å². The lowest BCUT2D eigenvalue weighted by atomic mass is 9.83. The zero-order valence-electron chi connectivity index (χ0n) is 26.2. The number of carbonyl (C=O) groups is 2. The molecule has 16 atom stereocenters. The molecular weight excluding hydrogens is 622 g/mol. The number of aliphatic carboxylic acids is 1. The Bertz CT molecular complexity index is 988. The van der Waals surface area contributed by atoms with Crippen molar-refractivity contribution in [2.24, 2.45) is 5.92 Å². The molecule has 0 aliphatic carbocycles. The molecule has 5 unspecified atom stereocenters. The Kier molecular flexibility index (Phi) is 14.1. The number of hydrogen-bond donors (Lipinski definition) is 10. The molecular formula is C28H49NO17. The van der Waals surface area contributed by atoms with Crippen LogP contribution in [-0.2, 0) is 38.0 Å². The Morgan fingerprint density at radius 2 is 1.61 bits per heavy atom. The van der Waals surface area contributed by atoms with Crippen molar-refractivity contribution < 1.29 is 84.0 Å². The molecule has 3 aliphatic rings. The summed E-state index contributed by atoms with van der Waals surface area (Å²) in [5.74, 6) is -5.59. The van der Waals surface area contributed by atoms with Crippen molar-refractivity contribution >= 4 is 11.9 Å². The monoisotopic (exact) mass is 671 g/mol. The molecule has 1 amide bonds. The lowest BCUT2D eigenvalue weighted by Crippen LogP contribution is -2.66. The number of aliphatic hydroxyl groups is 8. The quantitative estimate of drug-likeness (QED) is 0.0786. The van der Waals surface area contributed by atoms with Crippen molar-refractivity contribution in [3.8, 4) is 0 Å². The SMILES string of the molecule is CCCCO[C@@H]1OC(CO)[C@@H](O[C@@H]2OC(CO[C@]3(C(=O)O)C[C@@H](O)[C@@H](C)C([C@H](NC(C)=O)[C@@H](C)O)O3)[C@H](O)[C@H](O)C2O)[C@H](O)C1O. The summed E-state index contributed by atoms with van der Waals surface area (Å²) in [4.78, 5) is 24.3. The summed E-state index contributed by atoms with van der Waals surface area (Å²) >= 11 is 0. The average molecular weight is 672 g/mol. The molecule has 268 valence electrons. The topological polar surface area (TPSA) is 284 Å². The van der Waals surface area contributed by atoms with Crippen LogP contribution in [0.25, 0.3) is 0 Å².